The number of carbonyl (C=O) groups excluding carboxylic acids is 2. The smallest absolute Gasteiger partial charge is 0.325 e. The summed E-state index contributed by atoms with van der Waals surface area (Å²) in [6.07, 6.45) is 2.25. The average Bonchev–Trinajstić information content (AvgIpc) is 3.10. The zero-order chi connectivity index (χ0) is 22.8. The molecule has 1 aliphatic heterocycles. The van der Waals surface area contributed by atoms with E-state index in [1.807, 2.05) is 0 Å². The number of rotatable bonds is 6. The Kier molecular flexibility index (Phi) is 7.02. The van der Waals surface area contributed by atoms with E-state index in [2.05, 4.69) is 4.99 Å². The number of amides is 1. The lowest BCUT2D eigenvalue weighted by atomic mass is 9.99. The minimum absolute atomic E-state index is 0.0930. The lowest BCUT2D eigenvalue weighted by Crippen LogP contribution is -2.41. The normalized spacial score (nSPS) is 18.2. The summed E-state index contributed by atoms with van der Waals surface area (Å²) >= 11 is 1.19. The quantitative estimate of drug-likeness (QED) is 0.577. The van der Waals surface area contributed by atoms with Crippen LogP contribution in [0.1, 0.15) is 12.8 Å². The van der Waals surface area contributed by atoms with Crippen LogP contribution in [0.4, 0.5) is 0 Å². The predicted octanol–water partition coefficient (Wildman–Crippen LogP) is 0.992. The lowest BCUT2D eigenvalue weighted by Gasteiger charge is -2.28. The van der Waals surface area contributed by atoms with Crippen LogP contribution in [0, 0.1) is 5.92 Å². The van der Waals surface area contributed by atoms with Crippen LogP contribution in [0.15, 0.2) is 17.1 Å². The summed E-state index contributed by atoms with van der Waals surface area (Å²) in [4.78, 5) is 29.6. The van der Waals surface area contributed by atoms with Crippen molar-refractivity contribution in [2.24, 2.45) is 10.9 Å². The molecule has 1 aromatic heterocycles. The first-order valence-electron chi connectivity index (χ1n) is 9.54. The number of hydrogen-bond donors (Lipinski definition) is 0. The molecule has 2 aromatic rings. The van der Waals surface area contributed by atoms with Gasteiger partial charge in [-0.2, -0.15) is 4.99 Å². The standard InChI is InChI=1S/C19H25N3O7S2/c1-27-13-7-8-14(28-2)17-16(13)22(11-15(23)29-3)19(30-17)20-18(24)12-6-5-9-21(10-12)31(4,25)26/h7-8,12H,5-6,9-11H2,1-4H3. The van der Waals surface area contributed by atoms with Gasteiger partial charge in [-0.25, -0.2) is 12.7 Å². The SMILES string of the molecule is COC(=O)Cn1c(=NC(=O)C2CCCN(S(C)(=O)=O)C2)sc2c(OC)ccc(OC)c21. The maximum atomic E-state index is 13.0. The second-order valence-electron chi connectivity index (χ2n) is 7.10. The van der Waals surface area contributed by atoms with Gasteiger partial charge in [0.2, 0.25) is 10.0 Å². The highest BCUT2D eigenvalue weighted by atomic mass is 32.2. The third kappa shape index (κ3) is 4.91. The number of aromatic nitrogens is 1. The molecule has 0 saturated carbocycles. The van der Waals surface area contributed by atoms with Gasteiger partial charge in [-0.15, -0.1) is 0 Å². The van der Waals surface area contributed by atoms with Gasteiger partial charge in [0.05, 0.1) is 33.5 Å². The Bertz CT molecular complexity index is 1170. The number of ether oxygens (including phenoxy) is 3. The second kappa shape index (κ2) is 9.37. The molecule has 31 heavy (non-hydrogen) atoms. The van der Waals surface area contributed by atoms with Gasteiger partial charge in [0.1, 0.15) is 28.3 Å². The molecule has 0 aliphatic carbocycles. The van der Waals surface area contributed by atoms with E-state index < -0.39 is 27.8 Å². The molecule has 10 nitrogen and oxygen atoms in total. The van der Waals surface area contributed by atoms with Crippen LogP contribution in [0.5, 0.6) is 11.5 Å². The first-order chi connectivity index (χ1) is 14.7. The molecule has 1 atom stereocenters. The van der Waals surface area contributed by atoms with Crippen molar-refractivity contribution in [3.8, 4) is 11.5 Å². The lowest BCUT2D eigenvalue weighted by molar-refractivity contribution is -0.141. The fourth-order valence-corrected chi connectivity index (χ4v) is 5.57. The van der Waals surface area contributed by atoms with Crippen LogP contribution in [0.2, 0.25) is 0 Å². The molecule has 170 valence electrons. The third-order valence-electron chi connectivity index (χ3n) is 5.12. The molecule has 1 amide bonds. The highest BCUT2D eigenvalue weighted by molar-refractivity contribution is 7.88. The molecule has 1 aliphatic rings. The zero-order valence-electron chi connectivity index (χ0n) is 17.8. The number of hydrogen-bond acceptors (Lipinski definition) is 8. The van der Waals surface area contributed by atoms with Crippen molar-refractivity contribution in [1.82, 2.24) is 8.87 Å². The van der Waals surface area contributed by atoms with Gasteiger partial charge in [0, 0.05) is 13.1 Å². The predicted molar refractivity (Wildman–Crippen MR) is 115 cm³/mol. The van der Waals surface area contributed by atoms with E-state index in [9.17, 15) is 18.0 Å². The van der Waals surface area contributed by atoms with Crippen LogP contribution >= 0.6 is 11.3 Å². The van der Waals surface area contributed by atoms with E-state index >= 15 is 0 Å². The molecule has 1 fully saturated rings. The first kappa shape index (κ1) is 23.2. The van der Waals surface area contributed by atoms with Crippen molar-refractivity contribution in [3.05, 3.63) is 16.9 Å². The molecule has 0 spiro atoms. The van der Waals surface area contributed by atoms with Crippen LogP contribution in [-0.4, -0.2) is 69.8 Å². The van der Waals surface area contributed by atoms with E-state index in [1.165, 1.54) is 37.0 Å². The van der Waals surface area contributed by atoms with Crippen LogP contribution in [-0.2, 0) is 30.9 Å². The maximum absolute atomic E-state index is 13.0. The molecule has 0 radical (unpaired) electrons. The van der Waals surface area contributed by atoms with E-state index in [-0.39, 0.29) is 17.9 Å². The monoisotopic (exact) mass is 471 g/mol. The van der Waals surface area contributed by atoms with Gasteiger partial charge in [-0.1, -0.05) is 11.3 Å². The van der Waals surface area contributed by atoms with Crippen LogP contribution < -0.4 is 14.3 Å². The van der Waals surface area contributed by atoms with Gasteiger partial charge >= 0.3 is 5.97 Å². The van der Waals surface area contributed by atoms with Gasteiger partial charge in [-0.05, 0) is 25.0 Å². The summed E-state index contributed by atoms with van der Waals surface area (Å²) in [6, 6.07) is 3.44. The number of nitrogens with zero attached hydrogens (tertiary/aromatic N) is 3. The number of esters is 1. The summed E-state index contributed by atoms with van der Waals surface area (Å²) < 4.78 is 43.0. The van der Waals surface area contributed by atoms with Crippen LogP contribution in [0.3, 0.4) is 0 Å². The summed E-state index contributed by atoms with van der Waals surface area (Å²) in [5.74, 6) is -0.458. The minimum Gasteiger partial charge on any atom is -0.495 e. The van der Waals surface area contributed by atoms with E-state index in [0.29, 0.717) is 41.1 Å². The number of benzene rings is 1. The Morgan fingerprint density at radius 1 is 1.19 bits per heavy atom. The Balaban J connectivity index is 2.11. The Morgan fingerprint density at radius 3 is 2.48 bits per heavy atom. The largest absolute Gasteiger partial charge is 0.495 e. The van der Waals surface area contributed by atoms with Gasteiger partial charge in [-0.3, -0.25) is 9.59 Å². The molecule has 1 aromatic carbocycles. The fourth-order valence-electron chi connectivity index (χ4n) is 3.51. The molecular formula is C19H25N3O7S2. The second-order valence-corrected chi connectivity index (χ2v) is 10.1. The number of fused-ring (bicyclic) bond motifs is 1. The maximum Gasteiger partial charge on any atom is 0.325 e. The number of thiazole rings is 1. The summed E-state index contributed by atoms with van der Waals surface area (Å²) in [5.41, 5.74) is 0.560. The Morgan fingerprint density at radius 2 is 1.87 bits per heavy atom. The highest BCUT2D eigenvalue weighted by Gasteiger charge is 2.30. The molecule has 2 heterocycles. The molecule has 0 N–H and O–H groups in total. The van der Waals surface area contributed by atoms with Gasteiger partial charge in [0.25, 0.3) is 5.91 Å². The topological polar surface area (TPSA) is 116 Å². The minimum atomic E-state index is -3.39. The summed E-state index contributed by atoms with van der Waals surface area (Å²) in [7, 11) is 0.917. The molecule has 1 saturated heterocycles. The number of sulfonamides is 1. The van der Waals surface area contributed by atoms with Crippen molar-refractivity contribution >= 4 is 43.5 Å². The van der Waals surface area contributed by atoms with Crippen LogP contribution in [0.25, 0.3) is 10.2 Å². The van der Waals surface area contributed by atoms with Gasteiger partial charge < -0.3 is 18.8 Å². The van der Waals surface area contributed by atoms with E-state index in [4.69, 9.17) is 14.2 Å². The summed E-state index contributed by atoms with van der Waals surface area (Å²) in [5, 5.41) is 0. The number of methoxy groups -OCH3 is 3. The van der Waals surface area contributed by atoms with Gasteiger partial charge in [0.15, 0.2) is 4.80 Å². The molecule has 1 unspecified atom stereocenters. The van der Waals surface area contributed by atoms with Crippen molar-refractivity contribution in [1.29, 1.82) is 0 Å². The zero-order valence-corrected chi connectivity index (χ0v) is 19.4. The highest BCUT2D eigenvalue weighted by Crippen LogP contribution is 2.35. The molecule has 0 bridgehead atoms. The summed E-state index contributed by atoms with van der Waals surface area (Å²) in [6.45, 7) is 0.310. The first-order valence-corrected chi connectivity index (χ1v) is 12.2. The molecule has 3 rings (SSSR count). The van der Waals surface area contributed by atoms with Crippen molar-refractivity contribution in [3.63, 3.8) is 0 Å². The Hall–Kier alpha value is -2.44. The molecular weight excluding hydrogens is 446 g/mol. The number of carbonyl (C=O) groups is 2. The third-order valence-corrected chi connectivity index (χ3v) is 7.48. The Labute approximate surface area is 184 Å². The van der Waals surface area contributed by atoms with Crippen molar-refractivity contribution in [2.75, 3.05) is 40.7 Å². The molecule has 12 heteroatoms. The van der Waals surface area contributed by atoms with Crippen molar-refractivity contribution < 1.29 is 32.2 Å². The van der Waals surface area contributed by atoms with Crippen molar-refractivity contribution in [2.45, 2.75) is 19.4 Å². The fraction of sp³-hybridized carbons (Fsp3) is 0.526. The van der Waals surface area contributed by atoms with E-state index in [1.54, 1.807) is 16.7 Å². The number of piperidine rings is 1. The van der Waals surface area contributed by atoms with E-state index in [0.717, 1.165) is 6.26 Å². The average molecular weight is 472 g/mol.